The fourth-order valence-electron chi connectivity index (χ4n) is 4.50. The molecule has 5 nitrogen and oxygen atoms in total. The summed E-state index contributed by atoms with van der Waals surface area (Å²) < 4.78 is 6.11. The van der Waals surface area contributed by atoms with Crippen molar-refractivity contribution in [2.24, 2.45) is 17.8 Å². The molecule has 3 rings (SSSR count). The maximum absolute atomic E-state index is 12.6. The summed E-state index contributed by atoms with van der Waals surface area (Å²) in [6.07, 6.45) is 3.69. The number of rotatable bonds is 5. The fraction of sp³-hybridized carbons (Fsp3) is 0.652. The van der Waals surface area contributed by atoms with Crippen LogP contribution in [0, 0.1) is 17.8 Å². The highest BCUT2D eigenvalue weighted by Gasteiger charge is 2.32. The molecule has 1 heterocycles. The molecule has 0 aromatic heterocycles. The normalized spacial score (nSPS) is 25.8. The number of carbonyl (C=O) groups excluding carboxylic acids is 2. The summed E-state index contributed by atoms with van der Waals surface area (Å²) >= 11 is 0. The van der Waals surface area contributed by atoms with Crippen LogP contribution in [0.3, 0.4) is 0 Å². The van der Waals surface area contributed by atoms with Gasteiger partial charge in [-0.15, -0.1) is 0 Å². The molecule has 2 fully saturated rings. The number of ether oxygens (including phenoxy) is 1. The number of benzene rings is 1. The van der Waals surface area contributed by atoms with E-state index in [4.69, 9.17) is 4.74 Å². The number of nitrogens with zero attached hydrogens (tertiary/aromatic N) is 2. The molecule has 28 heavy (non-hydrogen) atoms. The van der Waals surface area contributed by atoms with Crippen molar-refractivity contribution in [2.75, 3.05) is 32.8 Å². The Morgan fingerprint density at radius 2 is 1.68 bits per heavy atom. The quantitative estimate of drug-likeness (QED) is 0.779. The first-order chi connectivity index (χ1) is 13.5. The number of piperazine rings is 1. The van der Waals surface area contributed by atoms with Gasteiger partial charge < -0.3 is 14.5 Å². The molecular weight excluding hydrogens is 352 g/mol. The second-order valence-corrected chi connectivity index (χ2v) is 8.71. The first-order valence-corrected chi connectivity index (χ1v) is 10.7. The zero-order chi connectivity index (χ0) is 20.1. The van der Waals surface area contributed by atoms with Crippen molar-refractivity contribution in [1.82, 2.24) is 9.80 Å². The maximum Gasteiger partial charge on any atom is 0.253 e. The van der Waals surface area contributed by atoms with Crippen molar-refractivity contribution in [3.05, 3.63) is 35.9 Å². The lowest BCUT2D eigenvalue weighted by Crippen LogP contribution is -2.51. The van der Waals surface area contributed by atoms with Crippen LogP contribution in [-0.2, 0) is 9.53 Å². The SMILES string of the molecule is CC1CCC(C(C)C)C(OCC(=O)N2CCN(C(=O)c3ccccc3)CC2)C1. The minimum Gasteiger partial charge on any atom is -0.368 e. The zero-order valence-corrected chi connectivity index (χ0v) is 17.5. The van der Waals surface area contributed by atoms with E-state index < -0.39 is 0 Å². The van der Waals surface area contributed by atoms with E-state index in [0.717, 1.165) is 6.42 Å². The van der Waals surface area contributed by atoms with Gasteiger partial charge in [0.25, 0.3) is 5.91 Å². The van der Waals surface area contributed by atoms with Crippen molar-refractivity contribution in [3.8, 4) is 0 Å². The lowest BCUT2D eigenvalue weighted by molar-refractivity contribution is -0.143. The summed E-state index contributed by atoms with van der Waals surface area (Å²) in [5.41, 5.74) is 0.705. The Balaban J connectivity index is 1.46. The highest BCUT2D eigenvalue weighted by atomic mass is 16.5. The van der Waals surface area contributed by atoms with E-state index in [1.165, 1.54) is 12.8 Å². The van der Waals surface area contributed by atoms with Gasteiger partial charge in [-0.25, -0.2) is 0 Å². The van der Waals surface area contributed by atoms with Gasteiger partial charge in [-0.2, -0.15) is 0 Å². The molecule has 1 saturated heterocycles. The third-order valence-electron chi connectivity index (χ3n) is 6.32. The van der Waals surface area contributed by atoms with Gasteiger partial charge in [0.2, 0.25) is 5.91 Å². The van der Waals surface area contributed by atoms with Gasteiger partial charge in [0, 0.05) is 31.7 Å². The van der Waals surface area contributed by atoms with E-state index in [9.17, 15) is 9.59 Å². The Bertz CT molecular complexity index is 653. The molecular formula is C23H34N2O3. The Labute approximate surface area is 169 Å². The largest absolute Gasteiger partial charge is 0.368 e. The van der Waals surface area contributed by atoms with Crippen LogP contribution < -0.4 is 0 Å². The van der Waals surface area contributed by atoms with Crippen molar-refractivity contribution in [1.29, 1.82) is 0 Å². The molecule has 2 aliphatic rings. The van der Waals surface area contributed by atoms with Gasteiger partial charge in [0.15, 0.2) is 0 Å². The second kappa shape index (κ2) is 9.55. The number of hydrogen-bond donors (Lipinski definition) is 0. The minimum atomic E-state index is 0.0416. The van der Waals surface area contributed by atoms with Crippen LogP contribution in [0.5, 0.6) is 0 Å². The summed E-state index contributed by atoms with van der Waals surface area (Å²) in [6, 6.07) is 9.33. The Hall–Kier alpha value is -1.88. The van der Waals surface area contributed by atoms with Gasteiger partial charge in [0.1, 0.15) is 6.61 Å². The maximum atomic E-state index is 12.6. The molecule has 154 valence electrons. The summed E-state index contributed by atoms with van der Waals surface area (Å²) in [4.78, 5) is 28.8. The first-order valence-electron chi connectivity index (χ1n) is 10.7. The average molecular weight is 387 g/mol. The molecule has 0 bridgehead atoms. The van der Waals surface area contributed by atoms with Crippen LogP contribution in [0.1, 0.15) is 50.4 Å². The molecule has 3 atom stereocenters. The number of amides is 2. The summed E-state index contributed by atoms with van der Waals surface area (Å²) in [5, 5.41) is 0. The predicted octanol–water partition coefficient (Wildman–Crippen LogP) is 3.45. The molecule has 5 heteroatoms. The molecule has 0 N–H and O–H groups in total. The number of hydrogen-bond acceptors (Lipinski definition) is 3. The van der Waals surface area contributed by atoms with Gasteiger partial charge in [-0.3, -0.25) is 9.59 Å². The third kappa shape index (κ3) is 5.13. The molecule has 2 amide bonds. The second-order valence-electron chi connectivity index (χ2n) is 8.71. The number of carbonyl (C=O) groups is 2. The topological polar surface area (TPSA) is 49.9 Å². The lowest BCUT2D eigenvalue weighted by atomic mass is 9.75. The Morgan fingerprint density at radius 3 is 2.32 bits per heavy atom. The van der Waals surface area contributed by atoms with Crippen molar-refractivity contribution in [3.63, 3.8) is 0 Å². The summed E-state index contributed by atoms with van der Waals surface area (Å²) in [5.74, 6) is 1.89. The van der Waals surface area contributed by atoms with E-state index in [2.05, 4.69) is 20.8 Å². The van der Waals surface area contributed by atoms with Crippen LogP contribution in [0.4, 0.5) is 0 Å². The van der Waals surface area contributed by atoms with E-state index in [0.29, 0.717) is 49.5 Å². The van der Waals surface area contributed by atoms with Crippen LogP contribution in [-0.4, -0.2) is 60.5 Å². The third-order valence-corrected chi connectivity index (χ3v) is 6.32. The van der Waals surface area contributed by atoms with Gasteiger partial charge >= 0.3 is 0 Å². The fourth-order valence-corrected chi connectivity index (χ4v) is 4.50. The van der Waals surface area contributed by atoms with Crippen molar-refractivity contribution in [2.45, 2.75) is 46.1 Å². The predicted molar refractivity (Wildman–Crippen MR) is 110 cm³/mol. The summed E-state index contributed by atoms with van der Waals surface area (Å²) in [7, 11) is 0. The van der Waals surface area contributed by atoms with E-state index >= 15 is 0 Å². The van der Waals surface area contributed by atoms with Gasteiger partial charge in [-0.05, 0) is 42.7 Å². The lowest BCUT2D eigenvalue weighted by Gasteiger charge is -2.38. The van der Waals surface area contributed by atoms with E-state index in [1.807, 2.05) is 40.1 Å². The molecule has 1 aliphatic carbocycles. The highest BCUT2D eigenvalue weighted by molar-refractivity contribution is 5.94. The monoisotopic (exact) mass is 386 g/mol. The molecule has 1 saturated carbocycles. The molecule has 1 aromatic carbocycles. The molecule has 3 unspecified atom stereocenters. The van der Waals surface area contributed by atoms with Crippen LogP contribution in [0.2, 0.25) is 0 Å². The van der Waals surface area contributed by atoms with Crippen LogP contribution in [0.15, 0.2) is 30.3 Å². The summed E-state index contributed by atoms with van der Waals surface area (Å²) in [6.45, 7) is 9.25. The van der Waals surface area contributed by atoms with E-state index in [1.54, 1.807) is 0 Å². The average Bonchev–Trinajstić information content (AvgIpc) is 2.72. The first kappa shape index (κ1) is 20.8. The van der Waals surface area contributed by atoms with Crippen molar-refractivity contribution < 1.29 is 14.3 Å². The van der Waals surface area contributed by atoms with Crippen LogP contribution in [0.25, 0.3) is 0 Å². The van der Waals surface area contributed by atoms with Crippen LogP contribution >= 0.6 is 0 Å². The van der Waals surface area contributed by atoms with E-state index in [-0.39, 0.29) is 24.5 Å². The van der Waals surface area contributed by atoms with Crippen molar-refractivity contribution >= 4 is 11.8 Å². The Morgan fingerprint density at radius 1 is 1.04 bits per heavy atom. The van der Waals surface area contributed by atoms with Gasteiger partial charge in [-0.1, -0.05) is 45.4 Å². The Kier molecular flexibility index (Phi) is 7.11. The standard InChI is InChI=1S/C23H34N2O3/c1-17(2)20-10-9-18(3)15-21(20)28-16-22(26)24-11-13-25(14-12-24)23(27)19-7-5-4-6-8-19/h4-8,17-18,20-21H,9-16H2,1-3H3. The zero-order valence-electron chi connectivity index (χ0n) is 17.5. The smallest absolute Gasteiger partial charge is 0.253 e. The molecule has 0 spiro atoms. The molecule has 0 radical (unpaired) electrons. The minimum absolute atomic E-state index is 0.0416. The molecule has 1 aromatic rings. The highest BCUT2D eigenvalue weighted by Crippen LogP contribution is 2.35. The molecule has 1 aliphatic heterocycles. The van der Waals surface area contributed by atoms with Gasteiger partial charge in [0.05, 0.1) is 6.10 Å².